The molecule has 2 saturated heterocycles. The second kappa shape index (κ2) is 15.5. The number of benzene rings is 5. The van der Waals surface area contributed by atoms with Gasteiger partial charge in [0.05, 0.1) is 60.9 Å². The Balaban J connectivity index is 1.20. The van der Waals surface area contributed by atoms with E-state index in [4.69, 9.17) is 37.4 Å². The van der Waals surface area contributed by atoms with Crippen LogP contribution < -0.4 is 29.9 Å². The summed E-state index contributed by atoms with van der Waals surface area (Å²) in [6, 6.07) is 31.3. The average Bonchev–Trinajstić information content (AvgIpc) is 3.65. The van der Waals surface area contributed by atoms with E-state index in [0.29, 0.717) is 33.3 Å². The number of hydrogen-bond acceptors (Lipinski definition) is 10. The van der Waals surface area contributed by atoms with Crippen LogP contribution in [0.2, 0.25) is 10.0 Å². The molecule has 4 aliphatic rings. The number of amides is 4. The first-order valence-corrected chi connectivity index (χ1v) is 20.4. The number of methoxy groups -OCH3 is 3. The molecule has 14 heteroatoms. The number of para-hydroxylation sites is 1. The number of hydrogen-bond donors (Lipinski definition) is 3. The highest BCUT2D eigenvalue weighted by Crippen LogP contribution is 2.66. The lowest BCUT2D eigenvalue weighted by Crippen LogP contribution is -2.53. The third-order valence-corrected chi connectivity index (χ3v) is 13.2. The van der Waals surface area contributed by atoms with Gasteiger partial charge in [0.25, 0.3) is 11.8 Å². The zero-order valence-corrected chi connectivity index (χ0v) is 34.7. The molecule has 0 spiro atoms. The number of carbonyl (C=O) groups is 4. The minimum atomic E-state index is -1.73. The second-order valence-corrected chi connectivity index (χ2v) is 16.4. The predicted molar refractivity (Wildman–Crippen MR) is 230 cm³/mol. The van der Waals surface area contributed by atoms with E-state index in [1.165, 1.54) is 38.4 Å². The number of imide groups is 2. The zero-order valence-electron chi connectivity index (χ0n) is 33.2. The summed E-state index contributed by atoms with van der Waals surface area (Å²) in [7, 11) is 4.42. The Morgan fingerprint density at radius 2 is 1.44 bits per heavy atom. The third kappa shape index (κ3) is 6.35. The summed E-state index contributed by atoms with van der Waals surface area (Å²) in [5.41, 5.74) is 4.91. The summed E-state index contributed by atoms with van der Waals surface area (Å²) in [6.07, 6.45) is 2.11. The number of halogens is 2. The predicted octanol–water partition coefficient (Wildman–Crippen LogP) is 8.66. The fourth-order valence-electron chi connectivity index (χ4n) is 9.96. The highest BCUT2D eigenvalue weighted by atomic mass is 35.5. The van der Waals surface area contributed by atoms with Crippen LogP contribution in [0.25, 0.3) is 0 Å². The third-order valence-electron chi connectivity index (χ3n) is 12.6. The number of allylic oxidation sites excluding steroid dienone is 2. The van der Waals surface area contributed by atoms with E-state index in [9.17, 15) is 14.7 Å². The molecule has 0 bridgehead atoms. The van der Waals surface area contributed by atoms with Gasteiger partial charge < -0.3 is 24.6 Å². The topological polar surface area (TPSA) is 147 Å². The fraction of sp³-hybridized carbons (Fsp3) is 0.234. The number of nitrogens with one attached hydrogen (secondary N) is 2. The van der Waals surface area contributed by atoms with Crippen molar-refractivity contribution in [1.29, 1.82) is 0 Å². The van der Waals surface area contributed by atoms with Gasteiger partial charge in [0.2, 0.25) is 11.8 Å². The summed E-state index contributed by atoms with van der Waals surface area (Å²) in [6.45, 7) is 0. The van der Waals surface area contributed by atoms with Crippen molar-refractivity contribution in [3.8, 4) is 23.0 Å². The standard InChI is InChI=1S/C47H40Cl2N4O8/c1-59-30-16-9-25(10-17-30)47-35(44(56)53(46(47)58)51-37-20-11-26(48)21-36(37)49)24-34-32(42(47)41-38(54)22-31(60-2)23-39(41)61-3)18-19-33-40(34)45(57)52(43(33)55)29-14-12-28(13-15-29)50-27-7-5-4-6-8-27/h4-18,20-23,33-35,40,42,50-51,54H,19,24H2,1-3H3/t33-,34+,35-,40-,42+,47+/m0/s1. The van der Waals surface area contributed by atoms with E-state index in [0.717, 1.165) is 16.4 Å². The maximum atomic E-state index is 15.7. The molecule has 3 N–H and O–H groups in total. The van der Waals surface area contributed by atoms with Crippen LogP contribution in [0.3, 0.4) is 0 Å². The Bertz CT molecular complexity index is 2620. The number of phenolic OH excluding ortho intramolecular Hbond substituents is 1. The normalized spacial score (nSPS) is 24.1. The molecule has 0 radical (unpaired) electrons. The molecule has 12 nitrogen and oxygen atoms in total. The van der Waals surface area contributed by atoms with Gasteiger partial charge in [-0.2, -0.15) is 5.01 Å². The molecule has 5 aromatic carbocycles. The molecular formula is C47H40Cl2N4O8. The van der Waals surface area contributed by atoms with Crippen LogP contribution in [-0.2, 0) is 24.6 Å². The molecule has 3 fully saturated rings. The SMILES string of the molecule is COc1ccc([C@@]23C(=O)N(Nc4ccc(Cl)cc4Cl)C(=O)[C@@H]2C[C@@H]2C(=CC[C@@H]4C(=O)N(c5ccc(Nc6ccccc6)cc5)C(=O)[C@@H]42)[C@@H]3c2c(O)cc(OC)cc2OC)cc1. The minimum Gasteiger partial charge on any atom is -0.507 e. The van der Waals surface area contributed by atoms with Crippen molar-refractivity contribution in [3.05, 3.63) is 142 Å². The van der Waals surface area contributed by atoms with E-state index in [1.807, 2.05) is 48.5 Å². The van der Waals surface area contributed by atoms with Crippen molar-refractivity contribution in [3.63, 3.8) is 0 Å². The molecule has 2 aliphatic carbocycles. The molecular weight excluding hydrogens is 819 g/mol. The smallest absolute Gasteiger partial charge is 0.260 e. The second-order valence-electron chi connectivity index (χ2n) is 15.5. The van der Waals surface area contributed by atoms with Crippen molar-refractivity contribution >= 4 is 69.6 Å². The van der Waals surface area contributed by atoms with Gasteiger partial charge in [-0.05, 0) is 91.1 Å². The average molecular weight is 860 g/mol. The molecule has 2 aliphatic heterocycles. The summed E-state index contributed by atoms with van der Waals surface area (Å²) >= 11 is 12.8. The van der Waals surface area contributed by atoms with Crippen molar-refractivity contribution in [1.82, 2.24) is 5.01 Å². The molecule has 4 amide bonds. The van der Waals surface area contributed by atoms with Crippen LogP contribution in [0.4, 0.5) is 22.7 Å². The van der Waals surface area contributed by atoms with Crippen LogP contribution >= 0.6 is 23.2 Å². The molecule has 2 heterocycles. The largest absolute Gasteiger partial charge is 0.507 e. The number of ether oxygens (including phenoxy) is 3. The van der Waals surface area contributed by atoms with Gasteiger partial charge in [-0.15, -0.1) is 0 Å². The molecule has 5 aromatic rings. The Labute approximate surface area is 361 Å². The first-order chi connectivity index (χ1) is 29.5. The zero-order chi connectivity index (χ0) is 42.7. The van der Waals surface area contributed by atoms with Gasteiger partial charge in [0.15, 0.2) is 0 Å². The van der Waals surface area contributed by atoms with Crippen LogP contribution in [0.15, 0.2) is 121 Å². The van der Waals surface area contributed by atoms with Crippen LogP contribution in [0.1, 0.15) is 29.9 Å². The van der Waals surface area contributed by atoms with E-state index >= 15 is 9.59 Å². The molecule has 1 saturated carbocycles. The Morgan fingerprint density at radius 1 is 0.738 bits per heavy atom. The Morgan fingerprint density at radius 3 is 2.11 bits per heavy atom. The van der Waals surface area contributed by atoms with Gasteiger partial charge in [-0.25, -0.2) is 0 Å². The maximum absolute atomic E-state index is 15.7. The van der Waals surface area contributed by atoms with Gasteiger partial charge in [0.1, 0.15) is 23.0 Å². The Hall–Kier alpha value is -6.50. The number of carbonyl (C=O) groups excluding carboxylic acids is 4. The van der Waals surface area contributed by atoms with Gasteiger partial charge >= 0.3 is 0 Å². The van der Waals surface area contributed by atoms with Crippen molar-refractivity contribution in [2.45, 2.75) is 24.2 Å². The van der Waals surface area contributed by atoms with Crippen LogP contribution in [0.5, 0.6) is 23.0 Å². The number of hydrazine groups is 1. The van der Waals surface area contributed by atoms with Crippen molar-refractivity contribution in [2.24, 2.45) is 23.7 Å². The van der Waals surface area contributed by atoms with Gasteiger partial charge in [-0.1, -0.05) is 65.2 Å². The minimum absolute atomic E-state index is 0.0264. The molecule has 0 unspecified atom stereocenters. The molecule has 61 heavy (non-hydrogen) atoms. The van der Waals surface area contributed by atoms with Crippen LogP contribution in [-0.4, -0.2) is 55.1 Å². The lowest BCUT2D eigenvalue weighted by atomic mass is 9.49. The first-order valence-electron chi connectivity index (χ1n) is 19.7. The number of nitrogens with zero attached hydrogens (tertiary/aromatic N) is 2. The summed E-state index contributed by atoms with van der Waals surface area (Å²) < 4.78 is 17.0. The van der Waals surface area contributed by atoms with Crippen LogP contribution in [0, 0.1) is 23.7 Å². The van der Waals surface area contributed by atoms with E-state index in [-0.39, 0.29) is 46.5 Å². The summed E-state index contributed by atoms with van der Waals surface area (Å²) in [5.74, 6) is -5.73. The number of rotatable bonds is 10. The Kier molecular flexibility index (Phi) is 10.2. The fourth-order valence-corrected chi connectivity index (χ4v) is 10.4. The number of anilines is 4. The summed E-state index contributed by atoms with van der Waals surface area (Å²) in [5, 5.41) is 16.9. The molecule has 9 rings (SSSR count). The van der Waals surface area contributed by atoms with Gasteiger partial charge in [-0.3, -0.25) is 29.5 Å². The number of fused-ring (bicyclic) bond motifs is 4. The van der Waals surface area contributed by atoms with Crippen molar-refractivity contribution < 1.29 is 38.5 Å². The highest BCUT2D eigenvalue weighted by molar-refractivity contribution is 6.36. The van der Waals surface area contributed by atoms with Crippen molar-refractivity contribution in [2.75, 3.05) is 37.0 Å². The molecule has 310 valence electrons. The highest BCUT2D eigenvalue weighted by Gasteiger charge is 2.71. The maximum Gasteiger partial charge on any atom is 0.260 e. The lowest BCUT2D eigenvalue weighted by Gasteiger charge is -2.50. The number of aromatic hydroxyl groups is 1. The van der Waals surface area contributed by atoms with E-state index in [2.05, 4.69) is 10.7 Å². The first kappa shape index (κ1) is 39.9. The molecule has 0 aromatic heterocycles. The quantitative estimate of drug-likeness (QED) is 0.0922. The molecule has 6 atom stereocenters. The van der Waals surface area contributed by atoms with Gasteiger partial charge in [0, 0.05) is 40.0 Å². The monoisotopic (exact) mass is 858 g/mol. The summed E-state index contributed by atoms with van der Waals surface area (Å²) in [4.78, 5) is 61.3. The van der Waals surface area contributed by atoms with E-state index in [1.54, 1.807) is 54.6 Å². The lowest BCUT2D eigenvalue weighted by molar-refractivity contribution is -0.138. The van der Waals surface area contributed by atoms with E-state index < -0.39 is 52.7 Å². The number of phenols is 1.